The van der Waals surface area contributed by atoms with E-state index in [-0.39, 0.29) is 12.0 Å². The van der Waals surface area contributed by atoms with Crippen LogP contribution in [-0.4, -0.2) is 24.1 Å². The molecule has 13 heavy (non-hydrogen) atoms. The first-order valence-corrected chi connectivity index (χ1v) is 4.24. The summed E-state index contributed by atoms with van der Waals surface area (Å²) in [6.45, 7) is 4.51. The number of amides is 1. The lowest BCUT2D eigenvalue weighted by atomic mass is 9.99. The summed E-state index contributed by atoms with van der Waals surface area (Å²) < 4.78 is 4.62. The minimum absolute atomic E-state index is 0.0905. The Morgan fingerprint density at radius 3 is 2.69 bits per heavy atom. The molecule has 4 nitrogen and oxygen atoms in total. The van der Waals surface area contributed by atoms with Crippen LogP contribution in [0.5, 0.6) is 0 Å². The lowest BCUT2D eigenvalue weighted by molar-refractivity contribution is 0.123. The number of piperidine rings is 1. The van der Waals surface area contributed by atoms with Gasteiger partial charge in [-0.1, -0.05) is 6.58 Å². The van der Waals surface area contributed by atoms with Gasteiger partial charge in [0.25, 0.3) is 0 Å². The number of carbonyl (C=O) groups is 1. The topological polar surface area (TPSA) is 53.3 Å². The standard InChI is InChI=1S/C9H12N2O2/c1-2-13-9(12)11-5-3-8(7-10)4-6-11/h2,8H,1,3-6H2. The van der Waals surface area contributed by atoms with E-state index in [0.717, 1.165) is 19.1 Å². The normalized spacial score (nSPS) is 17.6. The first-order valence-electron chi connectivity index (χ1n) is 4.24. The molecule has 70 valence electrons. The molecule has 1 aliphatic heterocycles. The highest BCUT2D eigenvalue weighted by Gasteiger charge is 2.22. The maximum atomic E-state index is 11.1. The Kier molecular flexibility index (Phi) is 3.32. The van der Waals surface area contributed by atoms with Crippen molar-refractivity contribution in [2.24, 2.45) is 5.92 Å². The largest absolute Gasteiger partial charge is 0.419 e. The molecule has 0 unspecified atom stereocenters. The first kappa shape index (κ1) is 9.59. The molecule has 0 spiro atoms. The molecule has 1 heterocycles. The van der Waals surface area contributed by atoms with E-state index in [1.54, 1.807) is 4.90 Å². The molecule has 1 amide bonds. The van der Waals surface area contributed by atoms with Crippen LogP contribution in [0.2, 0.25) is 0 Å². The van der Waals surface area contributed by atoms with Crippen LogP contribution in [0.1, 0.15) is 12.8 Å². The summed E-state index contributed by atoms with van der Waals surface area (Å²) in [5.41, 5.74) is 0. The second-order valence-electron chi connectivity index (χ2n) is 2.94. The maximum absolute atomic E-state index is 11.1. The molecule has 0 aromatic carbocycles. The molecule has 0 saturated carbocycles. The molecule has 4 heteroatoms. The molecule has 1 fully saturated rings. The number of likely N-dealkylation sites (tertiary alicyclic amines) is 1. The van der Waals surface area contributed by atoms with Gasteiger partial charge >= 0.3 is 6.09 Å². The van der Waals surface area contributed by atoms with E-state index >= 15 is 0 Å². The van der Waals surface area contributed by atoms with Crippen molar-refractivity contribution < 1.29 is 9.53 Å². The molecule has 0 aliphatic carbocycles. The predicted molar refractivity (Wildman–Crippen MR) is 46.6 cm³/mol. The summed E-state index contributed by atoms with van der Waals surface area (Å²) in [6.07, 6.45) is 2.23. The van der Waals surface area contributed by atoms with E-state index in [2.05, 4.69) is 17.4 Å². The summed E-state index contributed by atoms with van der Waals surface area (Å²) in [6, 6.07) is 2.20. The molecule has 0 radical (unpaired) electrons. The Morgan fingerprint density at radius 1 is 1.62 bits per heavy atom. The third-order valence-electron chi connectivity index (χ3n) is 2.12. The molecule has 0 bridgehead atoms. The summed E-state index contributed by atoms with van der Waals surface area (Å²) in [4.78, 5) is 12.7. The van der Waals surface area contributed by atoms with Crippen LogP contribution < -0.4 is 0 Å². The van der Waals surface area contributed by atoms with Crippen LogP contribution in [0.25, 0.3) is 0 Å². The monoisotopic (exact) mass is 180 g/mol. The summed E-state index contributed by atoms with van der Waals surface area (Å²) in [7, 11) is 0. The number of hydrogen-bond acceptors (Lipinski definition) is 3. The van der Waals surface area contributed by atoms with Gasteiger partial charge in [0.15, 0.2) is 0 Å². The Bertz CT molecular complexity index is 236. The average Bonchev–Trinajstić information content (AvgIpc) is 2.18. The molecule has 1 saturated heterocycles. The highest BCUT2D eigenvalue weighted by Crippen LogP contribution is 2.16. The predicted octanol–water partition coefficient (Wildman–Crippen LogP) is 1.50. The van der Waals surface area contributed by atoms with Crippen molar-refractivity contribution in [2.45, 2.75) is 12.8 Å². The van der Waals surface area contributed by atoms with Crippen LogP contribution >= 0.6 is 0 Å². The fourth-order valence-electron chi connectivity index (χ4n) is 1.34. The number of carbonyl (C=O) groups excluding carboxylic acids is 1. The zero-order valence-electron chi connectivity index (χ0n) is 7.40. The van der Waals surface area contributed by atoms with Gasteiger partial charge in [-0.15, -0.1) is 0 Å². The average molecular weight is 180 g/mol. The fraction of sp³-hybridized carbons (Fsp3) is 0.556. The van der Waals surface area contributed by atoms with E-state index in [4.69, 9.17) is 5.26 Å². The van der Waals surface area contributed by atoms with Crippen LogP contribution in [0.15, 0.2) is 12.8 Å². The van der Waals surface area contributed by atoms with Gasteiger partial charge < -0.3 is 9.64 Å². The lowest BCUT2D eigenvalue weighted by Gasteiger charge is -2.27. The van der Waals surface area contributed by atoms with E-state index in [9.17, 15) is 4.79 Å². The molecule has 1 rings (SSSR count). The minimum Gasteiger partial charge on any atom is -0.419 e. The number of hydrogen-bond donors (Lipinski definition) is 0. The van der Waals surface area contributed by atoms with Gasteiger partial charge in [-0.05, 0) is 12.8 Å². The SMILES string of the molecule is C=COC(=O)N1CCC(C#N)CC1. The van der Waals surface area contributed by atoms with Crippen molar-refractivity contribution in [1.82, 2.24) is 4.90 Å². The molecule has 0 N–H and O–H groups in total. The maximum Gasteiger partial charge on any atom is 0.414 e. The quantitative estimate of drug-likeness (QED) is 0.574. The highest BCUT2D eigenvalue weighted by molar-refractivity contribution is 5.68. The van der Waals surface area contributed by atoms with Gasteiger partial charge in [-0.25, -0.2) is 4.79 Å². The Morgan fingerprint density at radius 2 is 2.23 bits per heavy atom. The van der Waals surface area contributed by atoms with Gasteiger partial charge in [0.1, 0.15) is 0 Å². The number of rotatable bonds is 1. The van der Waals surface area contributed by atoms with Gasteiger partial charge in [0.2, 0.25) is 0 Å². The van der Waals surface area contributed by atoms with Gasteiger partial charge in [0.05, 0.1) is 12.3 Å². The third-order valence-corrected chi connectivity index (χ3v) is 2.12. The Balaban J connectivity index is 2.37. The summed E-state index contributed by atoms with van der Waals surface area (Å²) in [5.74, 6) is 0.0905. The van der Waals surface area contributed by atoms with Crippen LogP contribution in [0.3, 0.4) is 0 Å². The van der Waals surface area contributed by atoms with Gasteiger partial charge in [0, 0.05) is 19.0 Å². The van der Waals surface area contributed by atoms with E-state index < -0.39 is 0 Å². The highest BCUT2D eigenvalue weighted by atomic mass is 16.5. The molecule has 1 aliphatic rings. The fourth-order valence-corrected chi connectivity index (χ4v) is 1.34. The van der Waals surface area contributed by atoms with Crippen LogP contribution in [-0.2, 0) is 4.74 Å². The zero-order chi connectivity index (χ0) is 9.68. The van der Waals surface area contributed by atoms with Gasteiger partial charge in [-0.3, -0.25) is 0 Å². The molecular formula is C9H12N2O2. The van der Waals surface area contributed by atoms with E-state index in [1.165, 1.54) is 0 Å². The summed E-state index contributed by atoms with van der Waals surface area (Å²) >= 11 is 0. The van der Waals surface area contributed by atoms with Crippen molar-refractivity contribution in [3.05, 3.63) is 12.8 Å². The molecular weight excluding hydrogens is 168 g/mol. The number of ether oxygens (including phenoxy) is 1. The van der Waals surface area contributed by atoms with E-state index in [1.807, 2.05) is 0 Å². The van der Waals surface area contributed by atoms with E-state index in [0.29, 0.717) is 13.1 Å². The van der Waals surface area contributed by atoms with Crippen molar-refractivity contribution in [3.8, 4) is 6.07 Å². The number of nitriles is 1. The smallest absolute Gasteiger partial charge is 0.414 e. The first-order chi connectivity index (χ1) is 6.27. The Labute approximate surface area is 77.4 Å². The molecule has 0 aromatic rings. The zero-order valence-corrected chi connectivity index (χ0v) is 7.40. The van der Waals surface area contributed by atoms with Crippen LogP contribution in [0, 0.1) is 17.2 Å². The van der Waals surface area contributed by atoms with Crippen molar-refractivity contribution in [1.29, 1.82) is 5.26 Å². The molecule has 0 atom stereocenters. The second-order valence-corrected chi connectivity index (χ2v) is 2.94. The number of nitrogens with zero attached hydrogens (tertiary/aromatic N) is 2. The lowest BCUT2D eigenvalue weighted by Crippen LogP contribution is -2.37. The van der Waals surface area contributed by atoms with Gasteiger partial charge in [-0.2, -0.15) is 5.26 Å². The minimum atomic E-state index is -0.369. The molecule has 0 aromatic heterocycles. The van der Waals surface area contributed by atoms with Crippen LogP contribution in [0.4, 0.5) is 4.79 Å². The van der Waals surface area contributed by atoms with Crippen molar-refractivity contribution >= 4 is 6.09 Å². The third kappa shape index (κ3) is 2.48. The van der Waals surface area contributed by atoms with Crippen molar-refractivity contribution in [3.63, 3.8) is 0 Å². The summed E-state index contributed by atoms with van der Waals surface area (Å²) in [5, 5.41) is 8.62. The van der Waals surface area contributed by atoms with Crippen molar-refractivity contribution in [2.75, 3.05) is 13.1 Å². The Hall–Kier alpha value is -1.50. The second kappa shape index (κ2) is 4.51.